The molecule has 1 fully saturated rings. The van der Waals surface area contributed by atoms with Gasteiger partial charge in [0.2, 0.25) is 0 Å². The summed E-state index contributed by atoms with van der Waals surface area (Å²) in [6.07, 6.45) is 0. The zero-order chi connectivity index (χ0) is 5.28. The van der Waals surface area contributed by atoms with Gasteiger partial charge in [0.05, 0.1) is 0 Å². The summed E-state index contributed by atoms with van der Waals surface area (Å²) < 4.78 is 0. The maximum Gasteiger partial charge on any atom is 0.0156 e. The predicted octanol–water partition coefficient (Wildman–Crippen LogP) is 2.41. The largest absolute Gasteiger partial charge is 0.0936 e. The first-order valence-electron chi connectivity index (χ1n) is 2.59. The second-order valence-corrected chi connectivity index (χ2v) is 4.85. The molecule has 0 bridgehead atoms. The fraction of sp³-hybridized carbons (Fsp3) is 1.00. The van der Waals surface area contributed by atoms with Gasteiger partial charge in [-0.2, -0.15) is 0 Å². The summed E-state index contributed by atoms with van der Waals surface area (Å²) >= 11 is 0. The van der Waals surface area contributed by atoms with Crippen molar-refractivity contribution >= 4 is 21.6 Å². The second kappa shape index (κ2) is 2.31. The number of rotatable bonds is 0. The Morgan fingerprint density at radius 1 is 1.43 bits per heavy atom. The van der Waals surface area contributed by atoms with Crippen LogP contribution in [0.2, 0.25) is 0 Å². The zero-order valence-electron chi connectivity index (χ0n) is 4.68. The van der Waals surface area contributed by atoms with E-state index in [1.807, 2.05) is 21.6 Å². The zero-order valence-corrected chi connectivity index (χ0v) is 6.31. The smallest absolute Gasteiger partial charge is 0.0156 e. The van der Waals surface area contributed by atoms with Crippen LogP contribution in [0.3, 0.4) is 0 Å². The molecule has 2 atom stereocenters. The van der Waals surface area contributed by atoms with Crippen LogP contribution in [0.15, 0.2) is 0 Å². The standard InChI is InChI=1S/C5H10S2/c1-4-3-6-7-5(4)2/h4-5H,3H2,1-2H3/t4-,5+/m1/s1. The Balaban J connectivity index is 2.33. The first-order valence-corrected chi connectivity index (χ1v) is 4.97. The molecule has 0 N–H and O–H groups in total. The first-order chi connectivity index (χ1) is 3.30. The van der Waals surface area contributed by atoms with Crippen molar-refractivity contribution in [3.8, 4) is 0 Å². The molecule has 2 heteroatoms. The lowest BCUT2D eigenvalue weighted by Crippen LogP contribution is -2.03. The van der Waals surface area contributed by atoms with Gasteiger partial charge in [-0.25, -0.2) is 0 Å². The van der Waals surface area contributed by atoms with Crippen molar-refractivity contribution in [3.63, 3.8) is 0 Å². The van der Waals surface area contributed by atoms with Crippen LogP contribution < -0.4 is 0 Å². The van der Waals surface area contributed by atoms with Crippen LogP contribution in [-0.2, 0) is 0 Å². The SMILES string of the molecule is C[C@@H]1CSS[C@H]1C. The molecule has 0 spiro atoms. The van der Waals surface area contributed by atoms with E-state index in [-0.39, 0.29) is 0 Å². The maximum absolute atomic E-state index is 2.32. The van der Waals surface area contributed by atoms with Crippen molar-refractivity contribution in [1.29, 1.82) is 0 Å². The van der Waals surface area contributed by atoms with Crippen molar-refractivity contribution in [2.45, 2.75) is 19.1 Å². The van der Waals surface area contributed by atoms with Crippen molar-refractivity contribution in [3.05, 3.63) is 0 Å². The summed E-state index contributed by atoms with van der Waals surface area (Å²) in [5, 5.41) is 0.894. The summed E-state index contributed by atoms with van der Waals surface area (Å²) in [4.78, 5) is 0. The Morgan fingerprint density at radius 2 is 2.14 bits per heavy atom. The van der Waals surface area contributed by atoms with Crippen LogP contribution >= 0.6 is 21.6 Å². The summed E-state index contributed by atoms with van der Waals surface area (Å²) in [6.45, 7) is 4.62. The topological polar surface area (TPSA) is 0 Å². The van der Waals surface area contributed by atoms with Crippen LogP contribution in [0, 0.1) is 5.92 Å². The monoisotopic (exact) mass is 134 g/mol. The molecule has 1 saturated heterocycles. The molecule has 0 nitrogen and oxygen atoms in total. The van der Waals surface area contributed by atoms with Gasteiger partial charge in [-0.15, -0.1) is 0 Å². The quantitative estimate of drug-likeness (QED) is 0.467. The molecule has 0 amide bonds. The lowest BCUT2D eigenvalue weighted by atomic mass is 10.1. The van der Waals surface area contributed by atoms with E-state index in [9.17, 15) is 0 Å². The fourth-order valence-electron chi connectivity index (χ4n) is 0.484. The molecule has 7 heavy (non-hydrogen) atoms. The van der Waals surface area contributed by atoms with E-state index in [1.54, 1.807) is 0 Å². The van der Waals surface area contributed by atoms with Crippen molar-refractivity contribution < 1.29 is 0 Å². The Bertz CT molecular complexity index is 55.1. The minimum Gasteiger partial charge on any atom is -0.0936 e. The molecule has 0 aliphatic carbocycles. The second-order valence-electron chi connectivity index (χ2n) is 2.06. The number of hydrogen-bond donors (Lipinski definition) is 0. The summed E-state index contributed by atoms with van der Waals surface area (Å²) in [5.41, 5.74) is 0. The lowest BCUT2D eigenvalue weighted by Gasteiger charge is -2.02. The van der Waals surface area contributed by atoms with E-state index in [2.05, 4.69) is 13.8 Å². The van der Waals surface area contributed by atoms with Crippen LogP contribution in [-0.4, -0.2) is 11.0 Å². The minimum absolute atomic E-state index is 0.894. The highest BCUT2D eigenvalue weighted by molar-refractivity contribution is 8.77. The summed E-state index contributed by atoms with van der Waals surface area (Å²) in [6, 6.07) is 0. The third-order valence-corrected chi connectivity index (χ3v) is 4.65. The van der Waals surface area contributed by atoms with Gasteiger partial charge < -0.3 is 0 Å². The Kier molecular flexibility index (Phi) is 1.93. The van der Waals surface area contributed by atoms with Gasteiger partial charge in [0.1, 0.15) is 0 Å². The van der Waals surface area contributed by atoms with Gasteiger partial charge in [-0.05, 0) is 5.92 Å². The number of hydrogen-bond acceptors (Lipinski definition) is 2. The molecule has 1 heterocycles. The molecule has 1 aliphatic heterocycles. The molecule has 0 aromatic carbocycles. The van der Waals surface area contributed by atoms with E-state index >= 15 is 0 Å². The Morgan fingerprint density at radius 3 is 2.29 bits per heavy atom. The van der Waals surface area contributed by atoms with E-state index in [1.165, 1.54) is 5.75 Å². The van der Waals surface area contributed by atoms with Gasteiger partial charge in [0.25, 0.3) is 0 Å². The highest BCUT2D eigenvalue weighted by Crippen LogP contribution is 2.40. The van der Waals surface area contributed by atoms with Gasteiger partial charge in [0, 0.05) is 11.0 Å². The first kappa shape index (κ1) is 5.83. The lowest BCUT2D eigenvalue weighted by molar-refractivity contribution is 0.665. The molecule has 0 aromatic rings. The van der Waals surface area contributed by atoms with Crippen molar-refractivity contribution in [2.24, 2.45) is 5.92 Å². The Hall–Kier alpha value is 0.700. The third-order valence-electron chi connectivity index (χ3n) is 1.35. The van der Waals surface area contributed by atoms with Gasteiger partial charge in [0.15, 0.2) is 0 Å². The van der Waals surface area contributed by atoms with E-state index in [0.29, 0.717) is 0 Å². The minimum atomic E-state index is 0.894. The summed E-state index contributed by atoms with van der Waals surface area (Å²) in [5.74, 6) is 2.29. The molecule has 0 aromatic heterocycles. The maximum atomic E-state index is 2.32. The normalized spacial score (nSPS) is 42.0. The van der Waals surface area contributed by atoms with Crippen LogP contribution in [0.5, 0.6) is 0 Å². The molecular weight excluding hydrogens is 124 g/mol. The predicted molar refractivity (Wildman–Crippen MR) is 38.7 cm³/mol. The molecule has 1 rings (SSSR count). The van der Waals surface area contributed by atoms with Gasteiger partial charge in [-0.3, -0.25) is 0 Å². The highest BCUT2D eigenvalue weighted by atomic mass is 33.1. The Labute approximate surface area is 52.8 Å². The van der Waals surface area contributed by atoms with Crippen molar-refractivity contribution in [2.75, 3.05) is 5.75 Å². The molecule has 0 unspecified atom stereocenters. The molecular formula is C5H10S2. The van der Waals surface area contributed by atoms with Crippen molar-refractivity contribution in [1.82, 2.24) is 0 Å². The van der Waals surface area contributed by atoms with E-state index in [4.69, 9.17) is 0 Å². The van der Waals surface area contributed by atoms with Crippen LogP contribution in [0.1, 0.15) is 13.8 Å². The molecule has 0 radical (unpaired) electrons. The van der Waals surface area contributed by atoms with Crippen LogP contribution in [0.25, 0.3) is 0 Å². The average molecular weight is 134 g/mol. The van der Waals surface area contributed by atoms with Gasteiger partial charge in [-0.1, -0.05) is 35.4 Å². The van der Waals surface area contributed by atoms with Crippen LogP contribution in [0.4, 0.5) is 0 Å². The van der Waals surface area contributed by atoms with Gasteiger partial charge >= 0.3 is 0 Å². The summed E-state index contributed by atoms with van der Waals surface area (Å²) in [7, 11) is 4.03. The molecule has 42 valence electrons. The molecule has 1 aliphatic rings. The molecule has 0 saturated carbocycles. The highest BCUT2D eigenvalue weighted by Gasteiger charge is 2.19. The third kappa shape index (κ3) is 1.29. The average Bonchev–Trinajstić information content (AvgIpc) is 1.91. The fourth-order valence-corrected chi connectivity index (χ4v) is 3.78. The van der Waals surface area contributed by atoms with E-state index in [0.717, 1.165) is 11.2 Å². The van der Waals surface area contributed by atoms with E-state index < -0.39 is 0 Å².